The maximum atomic E-state index is 15.8. The van der Waals surface area contributed by atoms with Crippen LogP contribution in [0.5, 0.6) is 5.75 Å². The van der Waals surface area contributed by atoms with Crippen molar-refractivity contribution in [1.29, 1.82) is 5.26 Å². The summed E-state index contributed by atoms with van der Waals surface area (Å²) in [6.07, 6.45) is 0.374. The highest BCUT2D eigenvalue weighted by molar-refractivity contribution is 6.31. The first-order valence-corrected chi connectivity index (χ1v) is 13.6. The van der Waals surface area contributed by atoms with Gasteiger partial charge in [-0.25, -0.2) is 8.78 Å². The second-order valence-electron chi connectivity index (χ2n) is 11.4. The number of rotatable bonds is 6. The highest BCUT2D eigenvalue weighted by atomic mass is 35.5. The Morgan fingerprint density at radius 1 is 1.15 bits per heavy atom. The molecule has 1 fully saturated rings. The minimum atomic E-state index is -1.70. The summed E-state index contributed by atoms with van der Waals surface area (Å²) >= 11 is 12.3. The van der Waals surface area contributed by atoms with E-state index in [1.54, 1.807) is 18.2 Å². The van der Waals surface area contributed by atoms with Crippen LogP contribution >= 0.6 is 23.2 Å². The van der Waals surface area contributed by atoms with Crippen molar-refractivity contribution in [2.24, 2.45) is 5.41 Å². The highest BCUT2D eigenvalue weighted by Crippen LogP contribution is 2.53. The molecule has 1 aliphatic rings. The second-order valence-corrected chi connectivity index (χ2v) is 12.2. The molecule has 0 aliphatic carbocycles. The molecule has 40 heavy (non-hydrogen) atoms. The third-order valence-corrected chi connectivity index (χ3v) is 7.87. The summed E-state index contributed by atoms with van der Waals surface area (Å²) in [6.45, 7) is 7.83. The molecule has 3 aromatic carbocycles. The lowest BCUT2D eigenvalue weighted by Crippen LogP contribution is -2.45. The molecule has 210 valence electrons. The molecule has 4 atom stereocenters. The average Bonchev–Trinajstić information content (AvgIpc) is 3.19. The molecule has 9 heteroatoms. The summed E-state index contributed by atoms with van der Waals surface area (Å²) in [5.41, 5.74) is -0.653. The largest absolute Gasteiger partial charge is 0.495 e. The molecular weight excluding hydrogens is 555 g/mol. The van der Waals surface area contributed by atoms with Gasteiger partial charge in [0, 0.05) is 22.5 Å². The Morgan fingerprint density at radius 3 is 2.50 bits per heavy atom. The van der Waals surface area contributed by atoms with Gasteiger partial charge in [0.15, 0.2) is 0 Å². The predicted molar refractivity (Wildman–Crippen MR) is 154 cm³/mol. The van der Waals surface area contributed by atoms with E-state index in [4.69, 9.17) is 27.9 Å². The smallest absolute Gasteiger partial charge is 0.242 e. The van der Waals surface area contributed by atoms with Crippen LogP contribution in [0.4, 0.5) is 14.5 Å². The molecule has 1 saturated heterocycles. The first-order chi connectivity index (χ1) is 18.8. The van der Waals surface area contributed by atoms with Crippen molar-refractivity contribution in [2.75, 3.05) is 12.4 Å². The molecule has 4 rings (SSSR count). The number of hydrogen-bond donors (Lipinski definition) is 2. The molecule has 0 aromatic heterocycles. The number of nitrogens with zero attached hydrogens (tertiary/aromatic N) is 1. The van der Waals surface area contributed by atoms with Crippen LogP contribution in [0.1, 0.15) is 49.8 Å². The van der Waals surface area contributed by atoms with Crippen molar-refractivity contribution in [3.8, 4) is 11.8 Å². The van der Waals surface area contributed by atoms with Crippen molar-refractivity contribution >= 4 is 34.8 Å². The fourth-order valence-corrected chi connectivity index (χ4v) is 6.01. The molecule has 1 heterocycles. The summed E-state index contributed by atoms with van der Waals surface area (Å²) in [5.74, 6) is -2.73. The van der Waals surface area contributed by atoms with Crippen LogP contribution in [0.2, 0.25) is 10.0 Å². The number of nitriles is 1. The van der Waals surface area contributed by atoms with Gasteiger partial charge in [-0.2, -0.15) is 5.26 Å². The number of anilines is 1. The number of methoxy groups -OCH3 is 1. The predicted octanol–water partition coefficient (Wildman–Crippen LogP) is 7.55. The van der Waals surface area contributed by atoms with E-state index in [0.717, 1.165) is 11.6 Å². The summed E-state index contributed by atoms with van der Waals surface area (Å²) < 4.78 is 36.9. The van der Waals surface area contributed by atoms with Crippen LogP contribution in [0.15, 0.2) is 54.6 Å². The molecule has 0 spiro atoms. The minimum Gasteiger partial charge on any atom is -0.495 e. The standard InChI is InChI=1S/C31H31Cl2F2N3O2/c1-17-9-12-23(24(13-17)40-5)37-29(39)28-26(19-7-6-8-21(33)27(19)35)31(16-36,25(38-28)15-30(2,3)4)20-11-10-18(32)14-22(20)34/h6-14,25-26,28,38H,15H2,1-5H3,(H,37,39)/t25?,26-,28?,31?/m0/s1. The molecule has 0 saturated carbocycles. The molecule has 3 aromatic rings. The van der Waals surface area contributed by atoms with Gasteiger partial charge in [0.2, 0.25) is 5.91 Å². The van der Waals surface area contributed by atoms with Crippen molar-refractivity contribution in [1.82, 2.24) is 5.32 Å². The van der Waals surface area contributed by atoms with Gasteiger partial charge >= 0.3 is 0 Å². The van der Waals surface area contributed by atoms with Crippen LogP contribution in [0.3, 0.4) is 0 Å². The zero-order valence-electron chi connectivity index (χ0n) is 22.9. The van der Waals surface area contributed by atoms with Gasteiger partial charge in [0.1, 0.15) is 22.8 Å². The number of ether oxygens (including phenoxy) is 1. The Labute approximate surface area is 243 Å². The molecule has 5 nitrogen and oxygen atoms in total. The SMILES string of the molecule is COc1cc(C)ccc1NC(=O)C1NC(CC(C)(C)C)C(C#N)(c2ccc(Cl)cc2F)[C@H]1c1cccc(Cl)c1F. The monoisotopic (exact) mass is 585 g/mol. The van der Waals surface area contributed by atoms with Gasteiger partial charge in [-0.15, -0.1) is 0 Å². The van der Waals surface area contributed by atoms with Gasteiger partial charge in [0.05, 0.1) is 29.9 Å². The highest BCUT2D eigenvalue weighted by Gasteiger charge is 2.61. The Morgan fingerprint density at radius 2 is 1.88 bits per heavy atom. The normalized spacial score (nSPS) is 22.6. The van der Waals surface area contributed by atoms with Gasteiger partial charge in [-0.1, -0.05) is 68.2 Å². The van der Waals surface area contributed by atoms with E-state index in [0.29, 0.717) is 17.9 Å². The van der Waals surface area contributed by atoms with E-state index in [2.05, 4.69) is 16.7 Å². The van der Waals surface area contributed by atoms with Gasteiger partial charge < -0.3 is 15.4 Å². The third kappa shape index (κ3) is 5.54. The fraction of sp³-hybridized carbons (Fsp3) is 0.355. The molecule has 1 amide bonds. The Kier molecular flexibility index (Phi) is 8.46. The molecule has 2 N–H and O–H groups in total. The summed E-state index contributed by atoms with van der Waals surface area (Å²) in [5, 5.41) is 17.1. The molecular formula is C31H31Cl2F2N3O2. The molecule has 1 aliphatic heterocycles. The van der Waals surface area contributed by atoms with Crippen molar-refractivity contribution in [2.45, 2.75) is 57.5 Å². The topological polar surface area (TPSA) is 74.2 Å². The van der Waals surface area contributed by atoms with Crippen LogP contribution < -0.4 is 15.4 Å². The summed E-state index contributed by atoms with van der Waals surface area (Å²) in [7, 11) is 1.49. The summed E-state index contributed by atoms with van der Waals surface area (Å²) in [6, 6.07) is 14.2. The first kappa shape index (κ1) is 29.8. The van der Waals surface area contributed by atoms with Crippen LogP contribution in [0, 0.1) is 35.3 Å². The zero-order chi connectivity index (χ0) is 29.4. The van der Waals surface area contributed by atoms with Crippen molar-refractivity contribution in [3.63, 3.8) is 0 Å². The molecule has 0 bridgehead atoms. The lowest BCUT2D eigenvalue weighted by molar-refractivity contribution is -0.118. The van der Waals surface area contributed by atoms with Gasteiger partial charge in [-0.05, 0) is 60.2 Å². The Hall–Kier alpha value is -3.18. The lowest BCUT2D eigenvalue weighted by Gasteiger charge is -2.37. The lowest BCUT2D eigenvalue weighted by atomic mass is 9.62. The number of nitrogens with one attached hydrogen (secondary N) is 2. The molecule has 0 radical (unpaired) electrons. The number of carbonyl (C=O) groups excluding carboxylic acids is 1. The van der Waals surface area contributed by atoms with Crippen LogP contribution in [0.25, 0.3) is 0 Å². The number of benzene rings is 3. The number of aryl methyl sites for hydroxylation is 1. The van der Waals surface area contributed by atoms with Crippen LogP contribution in [-0.4, -0.2) is 25.1 Å². The van der Waals surface area contributed by atoms with E-state index >= 15 is 8.78 Å². The second kappa shape index (κ2) is 11.4. The fourth-order valence-electron chi connectivity index (χ4n) is 5.67. The third-order valence-electron chi connectivity index (χ3n) is 7.35. The average molecular weight is 587 g/mol. The van der Waals surface area contributed by atoms with E-state index < -0.39 is 41.0 Å². The number of halogens is 4. The van der Waals surface area contributed by atoms with Gasteiger partial charge in [0.25, 0.3) is 0 Å². The van der Waals surface area contributed by atoms with Crippen LogP contribution in [-0.2, 0) is 10.2 Å². The minimum absolute atomic E-state index is 0.0220. The number of carbonyl (C=O) groups is 1. The van der Waals surface area contributed by atoms with E-state index in [9.17, 15) is 10.1 Å². The Balaban J connectivity index is 1.96. The maximum Gasteiger partial charge on any atom is 0.242 e. The van der Waals surface area contributed by atoms with Crippen molar-refractivity contribution in [3.05, 3.63) is 93.0 Å². The Bertz CT molecular complexity index is 1480. The van der Waals surface area contributed by atoms with E-state index in [1.807, 2.05) is 33.8 Å². The van der Waals surface area contributed by atoms with Crippen molar-refractivity contribution < 1.29 is 18.3 Å². The first-order valence-electron chi connectivity index (χ1n) is 12.8. The van der Waals surface area contributed by atoms with E-state index in [1.165, 1.54) is 31.4 Å². The summed E-state index contributed by atoms with van der Waals surface area (Å²) in [4.78, 5) is 14.0. The number of amides is 1. The molecule has 3 unspecified atom stereocenters. The number of hydrogen-bond acceptors (Lipinski definition) is 4. The van der Waals surface area contributed by atoms with Gasteiger partial charge in [-0.3, -0.25) is 4.79 Å². The maximum absolute atomic E-state index is 15.8. The zero-order valence-corrected chi connectivity index (χ0v) is 24.4. The quantitative estimate of drug-likeness (QED) is 0.313. The van der Waals surface area contributed by atoms with E-state index in [-0.39, 0.29) is 26.6 Å².